The molecule has 0 aromatic heterocycles. The van der Waals surface area contributed by atoms with Crippen LogP contribution in [0.1, 0.15) is 48.0 Å². The second-order valence-corrected chi connectivity index (χ2v) is 7.05. The van der Waals surface area contributed by atoms with Crippen LogP contribution in [0.3, 0.4) is 0 Å². The SMILES string of the molecule is C[C@H]1C[C@@H]1C(=O)NCC(C)(C)NC(=O)OC(C)(C)C. The van der Waals surface area contributed by atoms with Crippen molar-refractivity contribution in [3.8, 4) is 0 Å². The molecule has 5 nitrogen and oxygen atoms in total. The molecule has 0 unspecified atom stereocenters. The molecule has 0 aromatic rings. The molecule has 19 heavy (non-hydrogen) atoms. The third kappa shape index (κ3) is 5.94. The zero-order valence-electron chi connectivity index (χ0n) is 12.8. The summed E-state index contributed by atoms with van der Waals surface area (Å²) in [5, 5.41) is 5.64. The summed E-state index contributed by atoms with van der Waals surface area (Å²) < 4.78 is 5.19. The number of carbonyl (C=O) groups is 2. The monoisotopic (exact) mass is 270 g/mol. The van der Waals surface area contributed by atoms with E-state index in [0.29, 0.717) is 12.5 Å². The van der Waals surface area contributed by atoms with Gasteiger partial charge < -0.3 is 15.4 Å². The maximum atomic E-state index is 11.7. The Morgan fingerprint density at radius 3 is 2.16 bits per heavy atom. The fourth-order valence-corrected chi connectivity index (χ4v) is 1.75. The number of hydrogen-bond donors (Lipinski definition) is 2. The van der Waals surface area contributed by atoms with Gasteiger partial charge in [-0.3, -0.25) is 4.79 Å². The van der Waals surface area contributed by atoms with Crippen molar-refractivity contribution in [1.82, 2.24) is 10.6 Å². The minimum Gasteiger partial charge on any atom is -0.444 e. The van der Waals surface area contributed by atoms with E-state index in [0.717, 1.165) is 6.42 Å². The number of rotatable bonds is 4. The number of carbonyl (C=O) groups excluding carboxylic acids is 2. The van der Waals surface area contributed by atoms with Gasteiger partial charge in [-0.15, -0.1) is 0 Å². The smallest absolute Gasteiger partial charge is 0.408 e. The molecular weight excluding hydrogens is 244 g/mol. The van der Waals surface area contributed by atoms with Crippen LogP contribution in [0.5, 0.6) is 0 Å². The third-order valence-electron chi connectivity index (χ3n) is 2.99. The van der Waals surface area contributed by atoms with Crippen LogP contribution in [-0.4, -0.2) is 29.7 Å². The lowest BCUT2D eigenvalue weighted by Crippen LogP contribution is -2.52. The normalized spacial score (nSPS) is 22.6. The fraction of sp³-hybridized carbons (Fsp3) is 0.857. The lowest BCUT2D eigenvalue weighted by molar-refractivity contribution is -0.122. The molecule has 0 aliphatic heterocycles. The molecule has 1 fully saturated rings. The Bertz CT molecular complexity index is 358. The maximum absolute atomic E-state index is 11.7. The molecule has 110 valence electrons. The van der Waals surface area contributed by atoms with E-state index in [-0.39, 0.29) is 11.8 Å². The lowest BCUT2D eigenvalue weighted by Gasteiger charge is -2.28. The number of amides is 2. The Hall–Kier alpha value is -1.26. The van der Waals surface area contributed by atoms with Crippen LogP contribution in [0.4, 0.5) is 4.79 Å². The lowest BCUT2D eigenvalue weighted by atomic mass is 10.1. The third-order valence-corrected chi connectivity index (χ3v) is 2.99. The summed E-state index contributed by atoms with van der Waals surface area (Å²) in [6.45, 7) is 11.6. The Morgan fingerprint density at radius 1 is 1.21 bits per heavy atom. The van der Waals surface area contributed by atoms with E-state index in [2.05, 4.69) is 17.6 Å². The number of nitrogens with one attached hydrogen (secondary N) is 2. The highest BCUT2D eigenvalue weighted by molar-refractivity contribution is 5.81. The molecule has 0 radical (unpaired) electrons. The Kier molecular flexibility index (Phi) is 4.48. The Morgan fingerprint density at radius 2 is 1.74 bits per heavy atom. The molecular formula is C14H26N2O3. The van der Waals surface area contributed by atoms with Gasteiger partial charge in [0, 0.05) is 12.5 Å². The largest absolute Gasteiger partial charge is 0.444 e. The number of hydrogen-bond acceptors (Lipinski definition) is 3. The van der Waals surface area contributed by atoms with Crippen molar-refractivity contribution in [3.05, 3.63) is 0 Å². The molecule has 1 rings (SSSR count). The van der Waals surface area contributed by atoms with Gasteiger partial charge >= 0.3 is 6.09 Å². The predicted octanol–water partition coefficient (Wildman–Crippen LogP) is 2.06. The van der Waals surface area contributed by atoms with Gasteiger partial charge in [0.15, 0.2) is 0 Å². The first-order chi connectivity index (χ1) is 8.50. The molecule has 1 aliphatic carbocycles. The molecule has 2 N–H and O–H groups in total. The van der Waals surface area contributed by atoms with Gasteiger partial charge in [-0.1, -0.05) is 6.92 Å². The minimum atomic E-state index is -0.532. The first-order valence-electron chi connectivity index (χ1n) is 6.79. The molecule has 0 aromatic carbocycles. The number of ether oxygens (including phenoxy) is 1. The summed E-state index contributed by atoms with van der Waals surface area (Å²) in [7, 11) is 0. The van der Waals surface area contributed by atoms with Gasteiger partial charge in [-0.25, -0.2) is 4.79 Å². The molecule has 0 saturated heterocycles. The molecule has 0 bridgehead atoms. The van der Waals surface area contributed by atoms with Crippen molar-refractivity contribution in [2.75, 3.05) is 6.54 Å². The molecule has 5 heteroatoms. The Balaban J connectivity index is 2.34. The van der Waals surface area contributed by atoms with Crippen LogP contribution in [0.2, 0.25) is 0 Å². The zero-order valence-corrected chi connectivity index (χ0v) is 12.8. The molecule has 2 amide bonds. The van der Waals surface area contributed by atoms with Crippen molar-refractivity contribution >= 4 is 12.0 Å². The summed E-state index contributed by atoms with van der Waals surface area (Å²) in [5.41, 5.74) is -1.05. The van der Waals surface area contributed by atoms with Crippen LogP contribution in [-0.2, 0) is 9.53 Å². The Labute approximate surface area is 115 Å². The molecule has 0 spiro atoms. The topological polar surface area (TPSA) is 67.4 Å². The van der Waals surface area contributed by atoms with Crippen LogP contribution in [0, 0.1) is 11.8 Å². The summed E-state index contributed by atoms with van der Waals surface area (Å²) in [5.74, 6) is 0.714. The van der Waals surface area contributed by atoms with Crippen LogP contribution in [0.15, 0.2) is 0 Å². The van der Waals surface area contributed by atoms with Gasteiger partial charge in [0.05, 0.1) is 5.54 Å². The van der Waals surface area contributed by atoms with Gasteiger partial charge in [0.2, 0.25) is 5.91 Å². The standard InChI is InChI=1S/C14H26N2O3/c1-9-7-10(9)11(17)15-8-14(5,6)16-12(18)19-13(2,3)4/h9-10H,7-8H2,1-6H3,(H,15,17)(H,16,18)/t9-,10-/m0/s1. The van der Waals surface area contributed by atoms with E-state index in [1.165, 1.54) is 0 Å². The van der Waals surface area contributed by atoms with E-state index < -0.39 is 17.2 Å². The van der Waals surface area contributed by atoms with Crippen LogP contribution < -0.4 is 10.6 Å². The maximum Gasteiger partial charge on any atom is 0.408 e. The molecule has 1 saturated carbocycles. The van der Waals surface area contributed by atoms with Gasteiger partial charge in [0.25, 0.3) is 0 Å². The van der Waals surface area contributed by atoms with E-state index in [1.54, 1.807) is 0 Å². The average Bonchev–Trinajstić information content (AvgIpc) is 2.88. The van der Waals surface area contributed by atoms with Crippen LogP contribution >= 0.6 is 0 Å². The van der Waals surface area contributed by atoms with E-state index in [1.807, 2.05) is 34.6 Å². The van der Waals surface area contributed by atoms with Gasteiger partial charge in [0.1, 0.15) is 5.60 Å². The first kappa shape index (κ1) is 15.8. The average molecular weight is 270 g/mol. The van der Waals surface area contributed by atoms with Crippen molar-refractivity contribution in [1.29, 1.82) is 0 Å². The highest BCUT2D eigenvalue weighted by atomic mass is 16.6. The zero-order chi connectivity index (χ0) is 14.8. The second-order valence-electron chi connectivity index (χ2n) is 7.05. The van der Waals surface area contributed by atoms with E-state index >= 15 is 0 Å². The summed E-state index contributed by atoms with van der Waals surface area (Å²) in [6, 6.07) is 0. The quantitative estimate of drug-likeness (QED) is 0.821. The van der Waals surface area contributed by atoms with Crippen molar-refractivity contribution < 1.29 is 14.3 Å². The van der Waals surface area contributed by atoms with Crippen molar-refractivity contribution in [2.24, 2.45) is 11.8 Å². The first-order valence-corrected chi connectivity index (χ1v) is 6.79. The highest BCUT2D eigenvalue weighted by Gasteiger charge is 2.39. The predicted molar refractivity (Wildman–Crippen MR) is 73.7 cm³/mol. The number of alkyl carbamates (subject to hydrolysis) is 1. The van der Waals surface area contributed by atoms with E-state index in [9.17, 15) is 9.59 Å². The fourth-order valence-electron chi connectivity index (χ4n) is 1.75. The molecule has 1 aliphatic rings. The van der Waals surface area contributed by atoms with Crippen molar-refractivity contribution in [3.63, 3.8) is 0 Å². The van der Waals surface area contributed by atoms with Gasteiger partial charge in [-0.05, 0) is 47.0 Å². The highest BCUT2D eigenvalue weighted by Crippen LogP contribution is 2.37. The van der Waals surface area contributed by atoms with E-state index in [4.69, 9.17) is 4.74 Å². The molecule has 0 heterocycles. The summed E-state index contributed by atoms with van der Waals surface area (Å²) in [4.78, 5) is 23.4. The van der Waals surface area contributed by atoms with Crippen molar-refractivity contribution in [2.45, 2.75) is 59.1 Å². The minimum absolute atomic E-state index is 0.0755. The summed E-state index contributed by atoms with van der Waals surface area (Å²) >= 11 is 0. The molecule has 2 atom stereocenters. The second kappa shape index (κ2) is 5.39. The summed E-state index contributed by atoms with van der Waals surface area (Å²) in [6.07, 6.45) is 0.498. The van der Waals surface area contributed by atoms with Gasteiger partial charge in [-0.2, -0.15) is 0 Å². The van der Waals surface area contributed by atoms with Crippen LogP contribution in [0.25, 0.3) is 0 Å².